The summed E-state index contributed by atoms with van der Waals surface area (Å²) >= 11 is 2.12. The summed E-state index contributed by atoms with van der Waals surface area (Å²) < 4.78 is 6.39. The molecule has 0 spiro atoms. The van der Waals surface area contributed by atoms with Crippen molar-refractivity contribution in [3.05, 3.63) is 45.3 Å². The second-order valence-corrected chi connectivity index (χ2v) is 4.68. The van der Waals surface area contributed by atoms with Crippen molar-refractivity contribution in [2.45, 2.75) is 6.92 Å². The number of rotatable bonds is 3. The highest BCUT2D eigenvalue weighted by Gasteiger charge is 2.11. The molecule has 18 heavy (non-hydrogen) atoms. The van der Waals surface area contributed by atoms with Crippen LogP contribution in [0.3, 0.4) is 0 Å². The summed E-state index contributed by atoms with van der Waals surface area (Å²) in [5.41, 5.74) is 0.465. The van der Waals surface area contributed by atoms with Gasteiger partial charge >= 0.3 is 12.0 Å². The second kappa shape index (κ2) is 5.30. The van der Waals surface area contributed by atoms with Crippen LogP contribution in [0.1, 0.15) is 16.2 Å². The SMILES string of the molecule is Cc1cc(C(=O)O)nc(Oc2ccccc2I)n1. The maximum Gasteiger partial charge on any atom is 0.354 e. The molecule has 0 aliphatic rings. The lowest BCUT2D eigenvalue weighted by Crippen LogP contribution is -2.04. The quantitative estimate of drug-likeness (QED) is 0.857. The highest BCUT2D eigenvalue weighted by atomic mass is 127. The maximum absolute atomic E-state index is 10.9. The molecule has 0 amide bonds. The predicted octanol–water partition coefficient (Wildman–Crippen LogP) is 2.88. The van der Waals surface area contributed by atoms with E-state index >= 15 is 0 Å². The molecule has 0 fully saturated rings. The van der Waals surface area contributed by atoms with Crippen molar-refractivity contribution < 1.29 is 14.6 Å². The summed E-state index contributed by atoms with van der Waals surface area (Å²) in [4.78, 5) is 18.8. The molecule has 0 unspecified atom stereocenters. The first-order valence-corrected chi connectivity index (χ1v) is 6.15. The van der Waals surface area contributed by atoms with E-state index in [1.54, 1.807) is 13.0 Å². The van der Waals surface area contributed by atoms with Gasteiger partial charge in [-0.1, -0.05) is 12.1 Å². The van der Waals surface area contributed by atoms with Crippen LogP contribution in [0.2, 0.25) is 0 Å². The van der Waals surface area contributed by atoms with E-state index in [0.717, 1.165) is 3.57 Å². The number of aryl methyl sites for hydroxylation is 1. The lowest BCUT2D eigenvalue weighted by atomic mass is 10.3. The Balaban J connectivity index is 2.35. The van der Waals surface area contributed by atoms with Crippen LogP contribution in [0, 0.1) is 10.5 Å². The molecule has 1 N–H and O–H groups in total. The monoisotopic (exact) mass is 356 g/mol. The molecule has 2 aromatic rings. The second-order valence-electron chi connectivity index (χ2n) is 3.51. The number of hydrogen-bond acceptors (Lipinski definition) is 4. The molecule has 0 aliphatic heterocycles. The fourth-order valence-corrected chi connectivity index (χ4v) is 1.82. The lowest BCUT2D eigenvalue weighted by Gasteiger charge is -2.06. The minimum atomic E-state index is -1.10. The number of nitrogens with zero attached hydrogens (tertiary/aromatic N) is 2. The molecule has 1 heterocycles. The lowest BCUT2D eigenvalue weighted by molar-refractivity contribution is 0.0689. The minimum Gasteiger partial charge on any atom is -0.477 e. The molecule has 2 rings (SSSR count). The zero-order chi connectivity index (χ0) is 13.1. The van der Waals surface area contributed by atoms with Gasteiger partial charge in [0, 0.05) is 5.69 Å². The van der Waals surface area contributed by atoms with Gasteiger partial charge in [-0.05, 0) is 47.7 Å². The number of hydrogen-bond donors (Lipinski definition) is 1. The van der Waals surface area contributed by atoms with Gasteiger partial charge in [0.15, 0.2) is 5.69 Å². The average molecular weight is 356 g/mol. The van der Waals surface area contributed by atoms with E-state index in [1.807, 2.05) is 18.2 Å². The zero-order valence-electron chi connectivity index (χ0n) is 9.42. The van der Waals surface area contributed by atoms with Gasteiger partial charge in [0.1, 0.15) is 5.75 Å². The molecular formula is C12H9IN2O3. The Bertz CT molecular complexity index is 602. The third kappa shape index (κ3) is 2.95. The molecule has 0 saturated carbocycles. The first-order valence-electron chi connectivity index (χ1n) is 5.07. The number of aromatic carboxylic acids is 1. The van der Waals surface area contributed by atoms with Gasteiger partial charge in [0.25, 0.3) is 0 Å². The van der Waals surface area contributed by atoms with Gasteiger partial charge in [-0.2, -0.15) is 4.98 Å². The van der Waals surface area contributed by atoms with Gasteiger partial charge in [-0.15, -0.1) is 0 Å². The molecule has 6 heteroatoms. The Labute approximate surface area is 117 Å². The van der Waals surface area contributed by atoms with Crippen LogP contribution >= 0.6 is 22.6 Å². The van der Waals surface area contributed by atoms with E-state index in [2.05, 4.69) is 32.6 Å². The van der Waals surface area contributed by atoms with Crippen molar-refractivity contribution in [1.29, 1.82) is 0 Å². The Hall–Kier alpha value is -1.70. The fraction of sp³-hybridized carbons (Fsp3) is 0.0833. The molecule has 5 nitrogen and oxygen atoms in total. The smallest absolute Gasteiger partial charge is 0.354 e. The number of halogens is 1. The fourth-order valence-electron chi connectivity index (χ4n) is 1.32. The molecule has 0 aliphatic carbocycles. The molecule has 1 aromatic carbocycles. The molecule has 0 atom stereocenters. The molecule has 0 bridgehead atoms. The molecule has 1 aromatic heterocycles. The summed E-state index contributed by atoms with van der Waals surface area (Å²) in [5, 5.41) is 8.91. The molecule has 92 valence electrons. The van der Waals surface area contributed by atoms with Gasteiger partial charge in [-0.3, -0.25) is 0 Å². The molecule has 0 saturated heterocycles. The van der Waals surface area contributed by atoms with Crippen LogP contribution in [-0.2, 0) is 0 Å². The van der Waals surface area contributed by atoms with Crippen LogP contribution in [0.5, 0.6) is 11.8 Å². The first-order chi connectivity index (χ1) is 8.56. The van der Waals surface area contributed by atoms with Crippen molar-refractivity contribution in [1.82, 2.24) is 9.97 Å². The van der Waals surface area contributed by atoms with Crippen molar-refractivity contribution in [3.8, 4) is 11.8 Å². The van der Waals surface area contributed by atoms with Crippen molar-refractivity contribution >= 4 is 28.6 Å². The standard InChI is InChI=1S/C12H9IN2O3/c1-7-6-9(11(16)17)15-12(14-7)18-10-5-3-2-4-8(10)13/h2-6H,1H3,(H,16,17). The molecule has 0 radical (unpaired) electrons. The predicted molar refractivity (Wildman–Crippen MR) is 73.0 cm³/mol. The van der Waals surface area contributed by atoms with E-state index < -0.39 is 5.97 Å². The summed E-state index contributed by atoms with van der Waals surface area (Å²) in [6.07, 6.45) is 0. The third-order valence-electron chi connectivity index (χ3n) is 2.09. The first kappa shape index (κ1) is 12.7. The van der Waals surface area contributed by atoms with Crippen LogP contribution in [0.4, 0.5) is 0 Å². The third-order valence-corrected chi connectivity index (χ3v) is 2.98. The highest BCUT2D eigenvalue weighted by Crippen LogP contribution is 2.24. The summed E-state index contributed by atoms with van der Waals surface area (Å²) in [6.45, 7) is 1.69. The number of aromatic nitrogens is 2. The number of carboxylic acid groups (broad SMARTS) is 1. The number of ether oxygens (including phenoxy) is 1. The van der Waals surface area contributed by atoms with E-state index in [1.165, 1.54) is 6.07 Å². The molecular weight excluding hydrogens is 347 g/mol. The summed E-state index contributed by atoms with van der Waals surface area (Å²) in [6, 6.07) is 8.79. The number of carbonyl (C=O) groups is 1. The summed E-state index contributed by atoms with van der Waals surface area (Å²) in [7, 11) is 0. The van der Waals surface area contributed by atoms with Gasteiger partial charge < -0.3 is 9.84 Å². The maximum atomic E-state index is 10.9. The minimum absolute atomic E-state index is 0.0384. The number of carboxylic acids is 1. The number of para-hydroxylation sites is 1. The Kier molecular flexibility index (Phi) is 3.75. The zero-order valence-corrected chi connectivity index (χ0v) is 11.6. The Morgan fingerprint density at radius 1 is 1.33 bits per heavy atom. The van der Waals surface area contributed by atoms with E-state index in [0.29, 0.717) is 11.4 Å². The van der Waals surface area contributed by atoms with Crippen molar-refractivity contribution in [2.24, 2.45) is 0 Å². The van der Waals surface area contributed by atoms with Crippen LogP contribution in [0.15, 0.2) is 30.3 Å². The highest BCUT2D eigenvalue weighted by molar-refractivity contribution is 14.1. The summed E-state index contributed by atoms with van der Waals surface area (Å²) in [5.74, 6) is -0.506. The van der Waals surface area contributed by atoms with Gasteiger partial charge in [0.2, 0.25) is 0 Å². The Morgan fingerprint density at radius 3 is 2.72 bits per heavy atom. The van der Waals surface area contributed by atoms with Gasteiger partial charge in [-0.25, -0.2) is 9.78 Å². The topological polar surface area (TPSA) is 72.3 Å². The van der Waals surface area contributed by atoms with Crippen LogP contribution < -0.4 is 4.74 Å². The normalized spacial score (nSPS) is 10.1. The Morgan fingerprint density at radius 2 is 2.06 bits per heavy atom. The van der Waals surface area contributed by atoms with Crippen molar-refractivity contribution in [3.63, 3.8) is 0 Å². The van der Waals surface area contributed by atoms with Gasteiger partial charge in [0.05, 0.1) is 3.57 Å². The largest absolute Gasteiger partial charge is 0.477 e. The van der Waals surface area contributed by atoms with E-state index in [4.69, 9.17) is 9.84 Å². The van der Waals surface area contributed by atoms with Crippen LogP contribution in [-0.4, -0.2) is 21.0 Å². The number of benzene rings is 1. The van der Waals surface area contributed by atoms with E-state index in [-0.39, 0.29) is 11.7 Å². The van der Waals surface area contributed by atoms with E-state index in [9.17, 15) is 4.79 Å². The van der Waals surface area contributed by atoms with Crippen LogP contribution in [0.25, 0.3) is 0 Å². The average Bonchev–Trinajstić information content (AvgIpc) is 2.31. The van der Waals surface area contributed by atoms with Crippen molar-refractivity contribution in [2.75, 3.05) is 0 Å².